The minimum absolute atomic E-state index is 0.0165. The van der Waals surface area contributed by atoms with E-state index in [2.05, 4.69) is 208 Å². The van der Waals surface area contributed by atoms with Gasteiger partial charge >= 0.3 is 19.8 Å². The van der Waals surface area contributed by atoms with E-state index in [0.717, 1.165) is 167 Å². The van der Waals surface area contributed by atoms with Crippen LogP contribution in [0.2, 0.25) is 0 Å². The van der Waals surface area contributed by atoms with Crippen molar-refractivity contribution in [3.05, 3.63) is 194 Å². The first kappa shape index (κ1) is 84.8. The van der Waals surface area contributed by atoms with Gasteiger partial charge < -0.3 is 18.9 Å². The predicted octanol–water partition coefficient (Wildman–Crippen LogP) is 23.3. The van der Waals surface area contributed by atoms with Crippen LogP contribution in [0.1, 0.15) is 245 Å². The number of likely N-dealkylation sites (N-methyl/N-ethyl adjacent to an activating group) is 1. The van der Waals surface area contributed by atoms with Crippen molar-refractivity contribution in [3.8, 4) is 0 Å². The van der Waals surface area contributed by atoms with Crippen LogP contribution in [-0.4, -0.2) is 74.9 Å². The number of allylic oxidation sites excluding steroid dienone is 32. The molecule has 2 unspecified atom stereocenters. The number of unbranched alkanes of at least 4 members (excludes halogenated alkanes) is 16. The fourth-order valence-electron chi connectivity index (χ4n) is 8.81. The van der Waals surface area contributed by atoms with Gasteiger partial charge in [0, 0.05) is 12.8 Å². The number of hydrogen-bond acceptors (Lipinski definition) is 7. The van der Waals surface area contributed by atoms with Gasteiger partial charge in [0.15, 0.2) is 6.10 Å². The molecule has 0 fully saturated rings. The molecule has 0 heterocycles. The van der Waals surface area contributed by atoms with Crippen molar-refractivity contribution in [2.75, 3.05) is 47.5 Å². The Bertz CT molecular complexity index is 2220. The van der Waals surface area contributed by atoms with E-state index >= 15 is 0 Å². The number of phosphoric acid groups is 1. The quantitative estimate of drug-likeness (QED) is 0.0211. The molecule has 0 bridgehead atoms. The van der Waals surface area contributed by atoms with Gasteiger partial charge in [0.2, 0.25) is 0 Å². The summed E-state index contributed by atoms with van der Waals surface area (Å²) in [5, 5.41) is 0. The van der Waals surface area contributed by atoms with Gasteiger partial charge in [-0.2, -0.15) is 0 Å². The second kappa shape index (κ2) is 68.2. The third-order valence-electron chi connectivity index (χ3n) is 14.1. The maximum atomic E-state index is 12.9. The summed E-state index contributed by atoms with van der Waals surface area (Å²) >= 11 is 0. The monoisotopic (exact) mass is 1260 g/mol. The number of esters is 2. The summed E-state index contributed by atoms with van der Waals surface area (Å²) < 4.78 is 34.7. The molecule has 0 aliphatic carbocycles. The lowest BCUT2D eigenvalue weighted by atomic mass is 10.0. The van der Waals surface area contributed by atoms with Gasteiger partial charge in [0.25, 0.3) is 0 Å². The summed E-state index contributed by atoms with van der Waals surface area (Å²) in [6.45, 7) is 4.16. The highest BCUT2D eigenvalue weighted by Gasteiger charge is 2.27. The lowest BCUT2D eigenvalue weighted by Gasteiger charge is -2.24. The lowest BCUT2D eigenvalue weighted by Crippen LogP contribution is -2.37. The molecule has 0 saturated heterocycles. The SMILES string of the molecule is CC/C=C\C/C=C\C/C=C\C/C=C\C/C=C\C/C=C\C/C=C\C/C=C\C/C=C\C/C=C\C/C=C\CCCCCCCC(=O)OC(COC(=O)CCCCCCCCCCCCC/C=C\C/C=C\C/C=C\C/C=C\C/C=C\CC)COP(=O)(O)OCC[N+](C)(C)C. The van der Waals surface area contributed by atoms with Crippen molar-refractivity contribution in [2.24, 2.45) is 0 Å². The van der Waals surface area contributed by atoms with Gasteiger partial charge in [-0.15, -0.1) is 0 Å². The Kier molecular flexibility index (Phi) is 64.3. The zero-order chi connectivity index (χ0) is 65.5. The summed E-state index contributed by atoms with van der Waals surface area (Å²) in [7, 11) is 1.44. The van der Waals surface area contributed by atoms with E-state index in [4.69, 9.17) is 18.5 Å². The largest absolute Gasteiger partial charge is 0.472 e. The summed E-state index contributed by atoms with van der Waals surface area (Å²) in [5.74, 6) is -0.836. The Morgan fingerprint density at radius 3 is 0.889 bits per heavy atom. The van der Waals surface area contributed by atoms with Crippen LogP contribution >= 0.6 is 7.82 Å². The van der Waals surface area contributed by atoms with E-state index in [9.17, 15) is 19.0 Å². The number of nitrogens with zero attached hydrogens (tertiary/aromatic N) is 1. The topological polar surface area (TPSA) is 108 Å². The molecule has 0 aromatic carbocycles. The normalized spacial score (nSPS) is 14.3. The Hall–Kier alpha value is -5.15. The molecule has 0 aliphatic heterocycles. The number of hydrogen-bond donors (Lipinski definition) is 1. The number of ether oxygens (including phenoxy) is 2. The maximum Gasteiger partial charge on any atom is 0.472 e. The van der Waals surface area contributed by atoms with Crippen LogP contribution in [0.3, 0.4) is 0 Å². The second-order valence-electron chi connectivity index (χ2n) is 23.8. The molecule has 10 heteroatoms. The minimum atomic E-state index is -4.41. The Balaban J connectivity index is 4.19. The van der Waals surface area contributed by atoms with E-state index in [1.807, 2.05) is 21.1 Å². The molecule has 0 saturated carbocycles. The standard InChI is InChI=1S/C80H128NO8P/c1-6-8-10-12-14-16-18-20-22-24-26-28-30-32-34-35-36-37-38-39-40-41-42-43-44-45-47-49-51-53-55-57-59-61-63-65-67-69-71-73-80(83)89-78(77-88-90(84,85)87-75-74-81(3,4)5)76-86-79(82)72-70-68-66-64-62-60-58-56-54-52-50-48-46-33-31-29-27-25-23-21-19-17-15-13-11-9-7-2/h8-11,14-17,20-23,26-29,32-34,36-37,39-40,42-43,45-47,51,53,57,59,78H,6-7,12-13,18-19,24-25,30-31,35,38,41,44,48-50,52,54-56,58,60-77H2,1-5H3/p+1/b10-8-,11-9-,16-14-,17-15-,22-20-,23-21-,28-26-,29-27-,34-32-,37-36-,40-39-,43-42-,46-33-,47-45-,53-51-,59-57-. The van der Waals surface area contributed by atoms with Crippen LogP contribution in [0.5, 0.6) is 0 Å². The van der Waals surface area contributed by atoms with E-state index in [-0.39, 0.29) is 32.0 Å². The summed E-state index contributed by atoms with van der Waals surface area (Å²) in [4.78, 5) is 35.9. The van der Waals surface area contributed by atoms with Crippen LogP contribution in [0.15, 0.2) is 194 Å². The van der Waals surface area contributed by atoms with Crippen LogP contribution in [0.4, 0.5) is 0 Å². The fraction of sp³-hybridized carbons (Fsp3) is 0.575. The Morgan fingerprint density at radius 2 is 0.600 bits per heavy atom. The molecule has 506 valence electrons. The molecule has 0 amide bonds. The lowest BCUT2D eigenvalue weighted by molar-refractivity contribution is -0.870. The molecule has 0 aromatic heterocycles. The highest BCUT2D eigenvalue weighted by atomic mass is 31.2. The van der Waals surface area contributed by atoms with Crippen molar-refractivity contribution in [1.82, 2.24) is 0 Å². The number of carbonyl (C=O) groups excluding carboxylic acids is 2. The Morgan fingerprint density at radius 1 is 0.344 bits per heavy atom. The molecule has 90 heavy (non-hydrogen) atoms. The highest BCUT2D eigenvalue weighted by Crippen LogP contribution is 2.43. The van der Waals surface area contributed by atoms with Crippen LogP contribution in [0.25, 0.3) is 0 Å². The van der Waals surface area contributed by atoms with Crippen molar-refractivity contribution in [1.29, 1.82) is 0 Å². The smallest absolute Gasteiger partial charge is 0.462 e. The predicted molar refractivity (Wildman–Crippen MR) is 389 cm³/mol. The molecule has 0 aliphatic rings. The van der Waals surface area contributed by atoms with E-state index in [1.54, 1.807) is 0 Å². The van der Waals surface area contributed by atoms with Gasteiger partial charge in [-0.1, -0.05) is 285 Å². The summed E-state index contributed by atoms with van der Waals surface area (Å²) in [6.07, 6.45) is 107. The average Bonchev–Trinajstić information content (AvgIpc) is 3.58. The molecule has 0 rings (SSSR count). The number of quaternary nitrogens is 1. The molecule has 0 spiro atoms. The van der Waals surface area contributed by atoms with Crippen LogP contribution < -0.4 is 0 Å². The molecule has 0 radical (unpaired) electrons. The van der Waals surface area contributed by atoms with Crippen LogP contribution in [0, 0.1) is 0 Å². The molecular formula is C80H129NO8P+. The van der Waals surface area contributed by atoms with E-state index in [1.165, 1.54) is 44.9 Å². The van der Waals surface area contributed by atoms with Crippen molar-refractivity contribution < 1.29 is 42.1 Å². The number of rotatable bonds is 62. The molecule has 2 atom stereocenters. The van der Waals surface area contributed by atoms with Gasteiger partial charge in [-0.25, -0.2) is 4.57 Å². The van der Waals surface area contributed by atoms with Gasteiger partial charge in [0.1, 0.15) is 19.8 Å². The molecular weight excluding hydrogens is 1130 g/mol. The second-order valence-corrected chi connectivity index (χ2v) is 25.3. The first-order valence-corrected chi connectivity index (χ1v) is 36.7. The van der Waals surface area contributed by atoms with Gasteiger partial charge in [-0.05, 0) is 141 Å². The zero-order valence-corrected chi connectivity index (χ0v) is 58.4. The molecule has 0 aromatic rings. The summed E-state index contributed by atoms with van der Waals surface area (Å²) in [6, 6.07) is 0. The average molecular weight is 1260 g/mol. The first-order valence-electron chi connectivity index (χ1n) is 35.2. The third kappa shape index (κ3) is 71.9. The number of carbonyl (C=O) groups is 2. The number of phosphoric ester groups is 1. The third-order valence-corrected chi connectivity index (χ3v) is 15.1. The highest BCUT2D eigenvalue weighted by molar-refractivity contribution is 7.47. The Labute approximate surface area is 552 Å². The van der Waals surface area contributed by atoms with Gasteiger partial charge in [0.05, 0.1) is 27.7 Å². The maximum absolute atomic E-state index is 12.9. The first-order chi connectivity index (χ1) is 44.0. The van der Waals surface area contributed by atoms with E-state index in [0.29, 0.717) is 17.4 Å². The van der Waals surface area contributed by atoms with Crippen molar-refractivity contribution >= 4 is 19.8 Å². The molecule has 1 N–H and O–H groups in total. The summed E-state index contributed by atoms with van der Waals surface area (Å²) in [5.41, 5.74) is 0. The van der Waals surface area contributed by atoms with Crippen LogP contribution in [-0.2, 0) is 32.7 Å². The van der Waals surface area contributed by atoms with Crippen molar-refractivity contribution in [2.45, 2.75) is 251 Å². The van der Waals surface area contributed by atoms with Gasteiger partial charge in [-0.3, -0.25) is 18.6 Å². The zero-order valence-electron chi connectivity index (χ0n) is 57.5. The van der Waals surface area contributed by atoms with E-state index < -0.39 is 26.5 Å². The minimum Gasteiger partial charge on any atom is -0.462 e. The van der Waals surface area contributed by atoms with Crippen molar-refractivity contribution in [3.63, 3.8) is 0 Å². The fourth-order valence-corrected chi connectivity index (χ4v) is 9.55. The molecule has 9 nitrogen and oxygen atoms in total.